The van der Waals surface area contributed by atoms with Crippen LogP contribution in [0.15, 0.2) is 42.5 Å². The first-order valence-electron chi connectivity index (χ1n) is 8.04. The molecule has 0 atom stereocenters. The number of ether oxygens (including phenoxy) is 1. The molecule has 0 radical (unpaired) electrons. The lowest BCUT2D eigenvalue weighted by Crippen LogP contribution is -2.36. The van der Waals surface area contributed by atoms with Crippen LogP contribution in [0.5, 0.6) is 5.75 Å². The van der Waals surface area contributed by atoms with E-state index >= 15 is 0 Å². The fourth-order valence-corrected chi connectivity index (χ4v) is 2.36. The van der Waals surface area contributed by atoms with Crippen LogP contribution in [0.4, 0.5) is 11.4 Å². The first-order valence-corrected chi connectivity index (χ1v) is 8.79. The first kappa shape index (κ1) is 22.3. The minimum Gasteiger partial charge on any atom is -0.424 e. The minimum atomic E-state index is -0.389. The number of aliphatic hydroxyl groups excluding tert-OH is 1. The molecule has 0 aliphatic carbocycles. The highest BCUT2D eigenvalue weighted by molar-refractivity contribution is 6.39. The van der Waals surface area contributed by atoms with E-state index in [1.54, 1.807) is 36.4 Å². The molecule has 0 aliphatic heterocycles. The van der Waals surface area contributed by atoms with Crippen LogP contribution in [0, 0.1) is 0 Å². The first-order chi connectivity index (χ1) is 12.1. The summed E-state index contributed by atoms with van der Waals surface area (Å²) in [5.41, 5.74) is 1.19. The van der Waals surface area contributed by atoms with Crippen molar-refractivity contribution in [2.24, 2.45) is 0 Å². The van der Waals surface area contributed by atoms with Crippen molar-refractivity contribution in [3.05, 3.63) is 52.5 Å². The fourth-order valence-electron chi connectivity index (χ4n) is 1.87. The number of anilines is 2. The second-order valence-electron chi connectivity index (χ2n) is 6.55. The van der Waals surface area contributed by atoms with Gasteiger partial charge in [0.1, 0.15) is 6.54 Å². The van der Waals surface area contributed by atoms with E-state index in [-0.39, 0.29) is 12.6 Å². The monoisotopic (exact) mass is 399 g/mol. The number of quaternary nitrogens is 1. The number of hydrogen-bond acceptors (Lipinski definition) is 4. The van der Waals surface area contributed by atoms with Crippen LogP contribution < -0.4 is 10.1 Å². The molecule has 5 nitrogen and oxygen atoms in total. The molecule has 2 N–H and O–H groups in total. The predicted octanol–water partition coefficient (Wildman–Crippen LogP) is 4.35. The largest absolute Gasteiger partial charge is 0.424 e. The summed E-state index contributed by atoms with van der Waals surface area (Å²) in [7, 11) is 6.16. The van der Waals surface area contributed by atoms with Crippen molar-refractivity contribution in [3.8, 4) is 5.75 Å². The molecular weight excluding hydrogens is 375 g/mol. The van der Waals surface area contributed by atoms with E-state index in [0.29, 0.717) is 27.2 Å². The number of halogens is 2. The van der Waals surface area contributed by atoms with Crippen LogP contribution in [0.25, 0.3) is 0 Å². The summed E-state index contributed by atoms with van der Waals surface area (Å²) in [6, 6.07) is 12.3. The highest BCUT2D eigenvalue weighted by atomic mass is 35.5. The number of nitrogens with zero attached hydrogens (tertiary/aromatic N) is 1. The molecular formula is C19H25Cl2N2O3+. The molecule has 142 valence electrons. The van der Waals surface area contributed by atoms with Crippen molar-refractivity contribution in [1.82, 2.24) is 0 Å². The van der Waals surface area contributed by atoms with Gasteiger partial charge in [0.15, 0.2) is 5.75 Å². The molecule has 2 aromatic carbocycles. The van der Waals surface area contributed by atoms with E-state index in [9.17, 15) is 4.79 Å². The van der Waals surface area contributed by atoms with Gasteiger partial charge >= 0.3 is 5.97 Å². The SMILES string of the molecule is CC(=O)Oc1ccccc1Nc1c(Cl)cccc1Cl.C[N+](C)(C)CCO. The Morgan fingerprint density at radius 1 is 1.08 bits per heavy atom. The minimum absolute atomic E-state index is 0.281. The van der Waals surface area contributed by atoms with Crippen LogP contribution >= 0.6 is 23.2 Å². The highest BCUT2D eigenvalue weighted by Crippen LogP contribution is 2.35. The summed E-state index contributed by atoms with van der Waals surface area (Å²) in [5, 5.41) is 12.4. The maximum Gasteiger partial charge on any atom is 0.308 e. The molecule has 2 rings (SSSR count). The number of para-hydroxylation sites is 3. The van der Waals surface area contributed by atoms with Crippen molar-refractivity contribution < 1.29 is 19.1 Å². The summed E-state index contributed by atoms with van der Waals surface area (Å²) in [6.07, 6.45) is 0. The number of carbonyl (C=O) groups excluding carboxylic acids is 1. The molecule has 0 aliphatic rings. The smallest absolute Gasteiger partial charge is 0.308 e. The van der Waals surface area contributed by atoms with Crippen molar-refractivity contribution in [2.75, 3.05) is 39.6 Å². The van der Waals surface area contributed by atoms with E-state index in [1.807, 2.05) is 6.07 Å². The molecule has 0 aromatic heterocycles. The van der Waals surface area contributed by atoms with Gasteiger partial charge in [-0.3, -0.25) is 4.79 Å². The Bertz CT molecular complexity index is 711. The van der Waals surface area contributed by atoms with E-state index in [4.69, 9.17) is 33.0 Å². The Kier molecular flexibility index (Phi) is 8.88. The second kappa shape index (κ2) is 10.4. The zero-order chi connectivity index (χ0) is 19.7. The predicted molar refractivity (Wildman–Crippen MR) is 107 cm³/mol. The molecule has 26 heavy (non-hydrogen) atoms. The molecule has 0 amide bonds. The number of carbonyl (C=O) groups is 1. The normalized spacial score (nSPS) is 10.6. The number of hydrogen-bond donors (Lipinski definition) is 2. The van der Waals surface area contributed by atoms with Gasteiger partial charge in [0.25, 0.3) is 0 Å². The zero-order valence-electron chi connectivity index (χ0n) is 15.4. The van der Waals surface area contributed by atoms with E-state index in [2.05, 4.69) is 26.5 Å². The molecule has 0 saturated heterocycles. The quantitative estimate of drug-likeness (QED) is 0.445. The van der Waals surface area contributed by atoms with E-state index in [1.165, 1.54) is 6.92 Å². The molecule has 0 saturated carbocycles. The average molecular weight is 400 g/mol. The molecule has 0 heterocycles. The third-order valence-electron chi connectivity index (χ3n) is 3.13. The Labute approximate surface area is 164 Å². The summed E-state index contributed by atoms with van der Waals surface area (Å²) >= 11 is 12.2. The maximum atomic E-state index is 11.0. The number of nitrogens with one attached hydrogen (secondary N) is 1. The van der Waals surface area contributed by atoms with Gasteiger partial charge in [-0.15, -0.1) is 0 Å². The second-order valence-corrected chi connectivity index (χ2v) is 7.36. The highest BCUT2D eigenvalue weighted by Gasteiger charge is 2.10. The van der Waals surface area contributed by atoms with Gasteiger partial charge in [0.05, 0.1) is 49.2 Å². The van der Waals surface area contributed by atoms with Gasteiger partial charge in [-0.2, -0.15) is 0 Å². The molecule has 7 heteroatoms. The van der Waals surface area contributed by atoms with E-state index in [0.717, 1.165) is 11.0 Å². The van der Waals surface area contributed by atoms with Gasteiger partial charge in [0.2, 0.25) is 0 Å². The number of esters is 1. The average Bonchev–Trinajstić information content (AvgIpc) is 2.51. The van der Waals surface area contributed by atoms with Crippen molar-refractivity contribution >= 4 is 40.5 Å². The Morgan fingerprint density at radius 2 is 1.65 bits per heavy atom. The number of likely N-dealkylation sites (N-methyl/N-ethyl adjacent to an activating group) is 1. The summed E-state index contributed by atoms with van der Waals surface area (Å²) in [6.45, 7) is 2.46. The third-order valence-corrected chi connectivity index (χ3v) is 3.76. The zero-order valence-corrected chi connectivity index (χ0v) is 16.9. The number of benzene rings is 2. The van der Waals surface area contributed by atoms with Crippen molar-refractivity contribution in [3.63, 3.8) is 0 Å². The summed E-state index contributed by atoms with van der Waals surface area (Å²) in [4.78, 5) is 11.0. The Morgan fingerprint density at radius 3 is 2.12 bits per heavy atom. The van der Waals surface area contributed by atoms with Crippen LogP contribution in [0.3, 0.4) is 0 Å². The van der Waals surface area contributed by atoms with E-state index < -0.39 is 0 Å². The maximum absolute atomic E-state index is 11.0. The molecule has 0 unspecified atom stereocenters. The van der Waals surface area contributed by atoms with Crippen LogP contribution in [-0.2, 0) is 4.79 Å². The van der Waals surface area contributed by atoms with Gasteiger partial charge < -0.3 is 19.6 Å². The Hall–Kier alpha value is -1.79. The van der Waals surface area contributed by atoms with Gasteiger partial charge in [-0.1, -0.05) is 41.4 Å². The van der Waals surface area contributed by atoms with Gasteiger partial charge in [0, 0.05) is 6.92 Å². The van der Waals surface area contributed by atoms with Crippen LogP contribution in [-0.4, -0.2) is 49.9 Å². The molecule has 0 spiro atoms. The molecule has 0 fully saturated rings. The molecule has 0 bridgehead atoms. The van der Waals surface area contributed by atoms with Crippen molar-refractivity contribution in [1.29, 1.82) is 0 Å². The lowest BCUT2D eigenvalue weighted by atomic mass is 10.2. The molecule has 2 aromatic rings. The third kappa shape index (κ3) is 8.06. The lowest BCUT2D eigenvalue weighted by Gasteiger charge is -2.21. The van der Waals surface area contributed by atoms with Gasteiger partial charge in [-0.05, 0) is 24.3 Å². The van der Waals surface area contributed by atoms with Crippen LogP contribution in [0.2, 0.25) is 10.0 Å². The Balaban J connectivity index is 0.000000412. The number of rotatable bonds is 5. The van der Waals surface area contributed by atoms with Crippen molar-refractivity contribution in [2.45, 2.75) is 6.92 Å². The van der Waals surface area contributed by atoms with Gasteiger partial charge in [-0.25, -0.2) is 0 Å². The summed E-state index contributed by atoms with van der Waals surface area (Å²) < 4.78 is 5.95. The standard InChI is InChI=1S/C14H11Cl2NO2.C5H14NO/c1-9(18)19-13-8-3-2-7-12(13)17-14-10(15)5-4-6-11(14)16;1-6(2,3)4-5-7/h2-8,17H,1H3;7H,4-5H2,1-3H3/q;+1. The van der Waals surface area contributed by atoms with Crippen LogP contribution in [0.1, 0.15) is 6.92 Å². The fraction of sp³-hybridized carbons (Fsp3) is 0.316. The summed E-state index contributed by atoms with van der Waals surface area (Å²) in [5.74, 6) is 0.0329. The lowest BCUT2D eigenvalue weighted by molar-refractivity contribution is -0.870. The number of aliphatic hydroxyl groups is 1. The topological polar surface area (TPSA) is 58.6 Å².